The normalized spacial score (nSPS) is 12.1. The highest BCUT2D eigenvalue weighted by Crippen LogP contribution is 2.33. The molecule has 2 aromatic carbocycles. The van der Waals surface area contributed by atoms with E-state index in [0.717, 1.165) is 22.1 Å². The van der Waals surface area contributed by atoms with Crippen LogP contribution in [0.4, 0.5) is 4.39 Å². The van der Waals surface area contributed by atoms with Crippen molar-refractivity contribution in [2.45, 2.75) is 19.4 Å². The molecule has 0 saturated heterocycles. The summed E-state index contributed by atoms with van der Waals surface area (Å²) in [5.41, 5.74) is 10.9. The van der Waals surface area contributed by atoms with Gasteiger partial charge in [-0.1, -0.05) is 35.5 Å². The van der Waals surface area contributed by atoms with Crippen LogP contribution >= 0.6 is 0 Å². The summed E-state index contributed by atoms with van der Waals surface area (Å²) in [7, 11) is 0. The third kappa shape index (κ3) is 3.24. The Kier molecular flexibility index (Phi) is 4.60. The smallest absolute Gasteiger partial charge is 0.167 e. The average molecular weight is 372 g/mol. The van der Waals surface area contributed by atoms with Gasteiger partial charge in [0.25, 0.3) is 0 Å². The lowest BCUT2D eigenvalue weighted by molar-refractivity contribution is 0.459. The summed E-state index contributed by atoms with van der Waals surface area (Å²) in [4.78, 5) is 4.06. The van der Waals surface area contributed by atoms with Crippen molar-refractivity contribution in [1.82, 2.24) is 10.1 Å². The predicted octanol–water partition coefficient (Wildman–Crippen LogP) is 4.45. The first-order valence-electron chi connectivity index (χ1n) is 8.83. The highest BCUT2D eigenvalue weighted by Gasteiger charge is 2.19. The molecule has 0 bridgehead atoms. The van der Waals surface area contributed by atoms with Crippen LogP contribution in [0.2, 0.25) is 0 Å². The van der Waals surface area contributed by atoms with Crippen molar-refractivity contribution < 1.29 is 8.91 Å². The highest BCUT2D eigenvalue weighted by molar-refractivity contribution is 5.92. The van der Waals surface area contributed by atoms with Gasteiger partial charge in [-0.2, -0.15) is 5.26 Å². The number of rotatable bonds is 4. The van der Waals surface area contributed by atoms with E-state index >= 15 is 0 Å². The van der Waals surface area contributed by atoms with Crippen LogP contribution in [0.15, 0.2) is 59.1 Å². The Morgan fingerprint density at radius 2 is 2.00 bits per heavy atom. The molecule has 1 atom stereocenters. The van der Waals surface area contributed by atoms with Gasteiger partial charge < -0.3 is 10.3 Å². The Morgan fingerprint density at radius 1 is 1.18 bits per heavy atom. The lowest BCUT2D eigenvalue weighted by atomic mass is 9.94. The van der Waals surface area contributed by atoms with Gasteiger partial charge in [0.15, 0.2) is 5.58 Å². The third-order valence-electron chi connectivity index (χ3n) is 4.69. The first-order valence-corrected chi connectivity index (χ1v) is 8.83. The fourth-order valence-electron chi connectivity index (χ4n) is 3.28. The molecule has 0 amide bonds. The molecule has 0 aliphatic rings. The van der Waals surface area contributed by atoms with E-state index in [1.807, 2.05) is 55.5 Å². The van der Waals surface area contributed by atoms with Crippen LogP contribution in [0.25, 0.3) is 22.2 Å². The van der Waals surface area contributed by atoms with Crippen molar-refractivity contribution in [3.8, 4) is 17.3 Å². The first-order chi connectivity index (χ1) is 13.6. The lowest BCUT2D eigenvalue weighted by Gasteiger charge is -2.16. The second kappa shape index (κ2) is 7.22. The number of aryl methyl sites for hydroxylation is 1. The van der Waals surface area contributed by atoms with Gasteiger partial charge in [0.2, 0.25) is 0 Å². The SMILES string of the molecule is Cc1ccc2c(-c3ccccc3C(N)Cc3nc(C#N)ccc3F)noc2c1. The van der Waals surface area contributed by atoms with Crippen LogP contribution in [0.3, 0.4) is 0 Å². The van der Waals surface area contributed by atoms with Crippen molar-refractivity contribution in [1.29, 1.82) is 5.26 Å². The number of halogens is 1. The van der Waals surface area contributed by atoms with Crippen molar-refractivity contribution in [2.75, 3.05) is 0 Å². The summed E-state index contributed by atoms with van der Waals surface area (Å²) in [6.45, 7) is 1.99. The van der Waals surface area contributed by atoms with E-state index in [4.69, 9.17) is 15.5 Å². The zero-order valence-corrected chi connectivity index (χ0v) is 15.2. The van der Waals surface area contributed by atoms with Crippen molar-refractivity contribution in [3.63, 3.8) is 0 Å². The molecule has 4 rings (SSSR count). The summed E-state index contributed by atoms with van der Waals surface area (Å²) in [5, 5.41) is 14.1. The molecule has 0 radical (unpaired) electrons. The molecular formula is C22H17FN4O. The molecule has 2 heterocycles. The molecule has 0 aliphatic heterocycles. The Balaban J connectivity index is 1.74. The van der Waals surface area contributed by atoms with Gasteiger partial charge in [0.05, 0.1) is 5.69 Å². The monoisotopic (exact) mass is 372 g/mol. The second-order valence-electron chi connectivity index (χ2n) is 6.67. The molecule has 5 nitrogen and oxygen atoms in total. The number of pyridine rings is 1. The molecule has 1 unspecified atom stereocenters. The maximum atomic E-state index is 14.1. The minimum absolute atomic E-state index is 0.160. The largest absolute Gasteiger partial charge is 0.356 e. The topological polar surface area (TPSA) is 88.7 Å². The lowest BCUT2D eigenvalue weighted by Crippen LogP contribution is -2.16. The Morgan fingerprint density at radius 3 is 2.82 bits per heavy atom. The van der Waals surface area contributed by atoms with Gasteiger partial charge in [0, 0.05) is 23.4 Å². The molecule has 28 heavy (non-hydrogen) atoms. The molecule has 2 aromatic heterocycles. The molecule has 6 heteroatoms. The van der Waals surface area contributed by atoms with E-state index < -0.39 is 11.9 Å². The number of hydrogen-bond acceptors (Lipinski definition) is 5. The fraction of sp³-hybridized carbons (Fsp3) is 0.136. The van der Waals surface area contributed by atoms with Crippen molar-refractivity contribution >= 4 is 11.0 Å². The van der Waals surface area contributed by atoms with Gasteiger partial charge in [0.1, 0.15) is 23.3 Å². The van der Waals surface area contributed by atoms with Crippen molar-refractivity contribution in [2.24, 2.45) is 5.73 Å². The Labute approximate surface area is 161 Å². The zero-order valence-electron chi connectivity index (χ0n) is 15.2. The van der Waals surface area contributed by atoms with Crippen LogP contribution in [0.1, 0.15) is 28.6 Å². The Hall–Kier alpha value is -3.56. The quantitative estimate of drug-likeness (QED) is 0.572. The number of nitrogens with two attached hydrogens (primary N) is 1. The molecule has 0 fully saturated rings. The fourth-order valence-corrected chi connectivity index (χ4v) is 3.28. The van der Waals surface area contributed by atoms with Crippen LogP contribution in [0.5, 0.6) is 0 Å². The summed E-state index contributed by atoms with van der Waals surface area (Å²) in [6.07, 6.45) is 0.160. The summed E-state index contributed by atoms with van der Waals surface area (Å²) in [5.74, 6) is -0.478. The second-order valence-corrected chi connectivity index (χ2v) is 6.67. The van der Waals surface area contributed by atoms with E-state index in [-0.39, 0.29) is 17.8 Å². The van der Waals surface area contributed by atoms with Crippen LogP contribution in [-0.4, -0.2) is 10.1 Å². The summed E-state index contributed by atoms with van der Waals surface area (Å²) < 4.78 is 19.6. The van der Waals surface area contributed by atoms with Gasteiger partial charge in [-0.25, -0.2) is 9.37 Å². The maximum absolute atomic E-state index is 14.1. The number of aromatic nitrogens is 2. The van der Waals surface area contributed by atoms with Crippen molar-refractivity contribution in [3.05, 3.63) is 82.9 Å². The number of benzene rings is 2. The third-order valence-corrected chi connectivity index (χ3v) is 4.69. The molecule has 0 saturated carbocycles. The predicted molar refractivity (Wildman–Crippen MR) is 104 cm³/mol. The maximum Gasteiger partial charge on any atom is 0.167 e. The van der Waals surface area contributed by atoms with Crippen LogP contribution in [-0.2, 0) is 6.42 Å². The minimum atomic E-state index is -0.524. The van der Waals surface area contributed by atoms with Gasteiger partial charge in [-0.3, -0.25) is 0 Å². The molecule has 0 aliphatic carbocycles. The Bertz CT molecular complexity index is 1210. The summed E-state index contributed by atoms with van der Waals surface area (Å²) in [6, 6.07) is 17.5. The number of nitrogens with zero attached hydrogens (tertiary/aromatic N) is 3. The molecule has 4 aromatic rings. The van der Waals surface area contributed by atoms with Gasteiger partial charge in [-0.15, -0.1) is 0 Å². The number of nitriles is 1. The molecular weight excluding hydrogens is 355 g/mol. The van der Waals surface area contributed by atoms with Gasteiger partial charge in [-0.05, 0) is 42.3 Å². The van der Waals surface area contributed by atoms with E-state index in [1.54, 1.807) is 0 Å². The molecule has 138 valence electrons. The minimum Gasteiger partial charge on any atom is -0.356 e. The number of fused-ring (bicyclic) bond motifs is 1. The summed E-state index contributed by atoms with van der Waals surface area (Å²) >= 11 is 0. The van der Waals surface area contributed by atoms with E-state index in [1.165, 1.54) is 12.1 Å². The standard InChI is InChI=1S/C22H17FN4O/c1-13-6-8-17-21(10-13)28-27-22(17)16-5-3-2-4-15(16)19(25)11-20-18(23)9-7-14(12-24)26-20/h2-10,19H,11,25H2,1H3. The van der Waals surface area contributed by atoms with Crippen LogP contribution < -0.4 is 5.73 Å². The van der Waals surface area contributed by atoms with E-state index in [2.05, 4.69) is 10.1 Å². The van der Waals surface area contributed by atoms with E-state index in [9.17, 15) is 4.39 Å². The highest BCUT2D eigenvalue weighted by atomic mass is 19.1. The number of hydrogen-bond donors (Lipinski definition) is 1. The molecule has 0 spiro atoms. The molecule has 2 N–H and O–H groups in total. The zero-order chi connectivity index (χ0) is 19.7. The van der Waals surface area contributed by atoms with E-state index in [0.29, 0.717) is 11.3 Å². The van der Waals surface area contributed by atoms with Gasteiger partial charge >= 0.3 is 0 Å². The van der Waals surface area contributed by atoms with Crippen LogP contribution in [0, 0.1) is 24.1 Å². The first kappa shape index (κ1) is 17.8. The average Bonchev–Trinajstić information content (AvgIpc) is 3.12.